The Morgan fingerprint density at radius 1 is 1.44 bits per heavy atom. The molecule has 0 saturated heterocycles. The van der Waals surface area contributed by atoms with Crippen LogP contribution in [0.25, 0.3) is 0 Å². The van der Waals surface area contributed by atoms with Gasteiger partial charge in [0.25, 0.3) is 0 Å². The van der Waals surface area contributed by atoms with Crippen LogP contribution in [0.15, 0.2) is 29.2 Å². The lowest BCUT2D eigenvalue weighted by atomic mass is 10.2. The molecule has 0 amide bonds. The van der Waals surface area contributed by atoms with Crippen molar-refractivity contribution in [1.82, 2.24) is 4.72 Å². The number of hydrogen-bond donors (Lipinski definition) is 1. The first-order valence-corrected chi connectivity index (χ1v) is 6.52. The largest absolute Gasteiger partial charge is 0.383 e. The van der Waals surface area contributed by atoms with Crippen molar-refractivity contribution in [2.24, 2.45) is 0 Å². The highest BCUT2D eigenvalue weighted by Crippen LogP contribution is 2.11. The topological polar surface area (TPSA) is 55.4 Å². The van der Waals surface area contributed by atoms with Crippen LogP contribution in [0.5, 0.6) is 0 Å². The number of sulfonamides is 1. The Morgan fingerprint density at radius 3 is 2.69 bits per heavy atom. The van der Waals surface area contributed by atoms with Crippen molar-refractivity contribution in [2.45, 2.75) is 24.8 Å². The average Bonchev–Trinajstić information content (AvgIpc) is 2.17. The first-order chi connectivity index (χ1) is 7.45. The zero-order valence-corrected chi connectivity index (χ0v) is 10.5. The Hall–Kier alpha value is -0.910. The van der Waals surface area contributed by atoms with E-state index in [0.29, 0.717) is 6.61 Å². The summed E-state index contributed by atoms with van der Waals surface area (Å²) in [5, 5.41) is 0. The van der Waals surface area contributed by atoms with Crippen LogP contribution in [-0.4, -0.2) is 28.2 Å². The molecule has 0 aliphatic heterocycles. The van der Waals surface area contributed by atoms with Gasteiger partial charge in [0, 0.05) is 13.2 Å². The molecular formula is C11H17NO3S. The van der Waals surface area contributed by atoms with Crippen LogP contribution >= 0.6 is 0 Å². The molecule has 0 radical (unpaired) electrons. The van der Waals surface area contributed by atoms with Crippen molar-refractivity contribution in [2.75, 3.05) is 13.7 Å². The lowest BCUT2D eigenvalue weighted by Crippen LogP contribution is -2.35. The van der Waals surface area contributed by atoms with Crippen LogP contribution in [0.2, 0.25) is 0 Å². The van der Waals surface area contributed by atoms with Gasteiger partial charge < -0.3 is 4.74 Å². The fraction of sp³-hybridized carbons (Fsp3) is 0.455. The molecular weight excluding hydrogens is 226 g/mol. The fourth-order valence-electron chi connectivity index (χ4n) is 1.40. The predicted molar refractivity (Wildman–Crippen MR) is 62.8 cm³/mol. The summed E-state index contributed by atoms with van der Waals surface area (Å²) >= 11 is 0. The Labute approximate surface area is 96.7 Å². The maximum Gasteiger partial charge on any atom is 0.240 e. The van der Waals surface area contributed by atoms with Gasteiger partial charge in [0.1, 0.15) is 0 Å². The molecule has 1 aromatic rings. The highest BCUT2D eigenvalue weighted by molar-refractivity contribution is 7.89. The lowest BCUT2D eigenvalue weighted by Gasteiger charge is -2.13. The first kappa shape index (κ1) is 13.2. The Morgan fingerprint density at radius 2 is 2.12 bits per heavy atom. The number of nitrogens with one attached hydrogen (secondary N) is 1. The molecule has 0 aromatic heterocycles. The molecule has 1 aromatic carbocycles. The van der Waals surface area contributed by atoms with Gasteiger partial charge in [0.05, 0.1) is 11.5 Å². The van der Waals surface area contributed by atoms with E-state index in [4.69, 9.17) is 4.74 Å². The lowest BCUT2D eigenvalue weighted by molar-refractivity contribution is 0.180. The highest BCUT2D eigenvalue weighted by atomic mass is 32.2. The molecule has 1 N–H and O–H groups in total. The monoisotopic (exact) mass is 243 g/mol. The smallest absolute Gasteiger partial charge is 0.240 e. The SMILES string of the molecule is COC[C@H](C)NS(=O)(=O)c1cccc(C)c1. The number of hydrogen-bond acceptors (Lipinski definition) is 3. The molecule has 0 aliphatic rings. The second-order valence-electron chi connectivity index (χ2n) is 3.79. The van der Waals surface area contributed by atoms with Crippen molar-refractivity contribution < 1.29 is 13.2 Å². The quantitative estimate of drug-likeness (QED) is 0.848. The molecule has 5 heteroatoms. The minimum absolute atomic E-state index is 0.240. The van der Waals surface area contributed by atoms with Crippen LogP contribution in [0.4, 0.5) is 0 Å². The Balaban J connectivity index is 2.86. The first-order valence-electron chi connectivity index (χ1n) is 5.03. The predicted octanol–water partition coefficient (Wildman–Crippen LogP) is 1.31. The third kappa shape index (κ3) is 3.59. The van der Waals surface area contributed by atoms with Gasteiger partial charge in [-0.15, -0.1) is 0 Å². The molecule has 0 aliphatic carbocycles. The molecule has 0 saturated carbocycles. The summed E-state index contributed by atoms with van der Waals surface area (Å²) < 4.78 is 31.2. The van der Waals surface area contributed by atoms with E-state index < -0.39 is 10.0 Å². The van der Waals surface area contributed by atoms with Crippen LogP contribution in [0, 0.1) is 6.92 Å². The van der Waals surface area contributed by atoms with E-state index >= 15 is 0 Å². The van der Waals surface area contributed by atoms with Crippen molar-refractivity contribution in [3.63, 3.8) is 0 Å². The maximum atomic E-state index is 11.9. The number of rotatable bonds is 5. The van der Waals surface area contributed by atoms with E-state index in [0.717, 1.165) is 5.56 Å². The van der Waals surface area contributed by atoms with Crippen LogP contribution in [0.3, 0.4) is 0 Å². The van der Waals surface area contributed by atoms with Gasteiger partial charge in [-0.05, 0) is 31.5 Å². The molecule has 0 bridgehead atoms. The van der Waals surface area contributed by atoms with E-state index in [1.807, 2.05) is 13.0 Å². The van der Waals surface area contributed by atoms with Gasteiger partial charge in [0.15, 0.2) is 0 Å². The van der Waals surface area contributed by atoms with E-state index in [2.05, 4.69) is 4.72 Å². The van der Waals surface area contributed by atoms with Gasteiger partial charge in [-0.1, -0.05) is 12.1 Å². The van der Waals surface area contributed by atoms with Gasteiger partial charge in [-0.3, -0.25) is 0 Å². The van der Waals surface area contributed by atoms with E-state index in [-0.39, 0.29) is 10.9 Å². The molecule has 1 rings (SSSR count). The van der Waals surface area contributed by atoms with Crippen LogP contribution in [0.1, 0.15) is 12.5 Å². The van der Waals surface area contributed by atoms with Crippen molar-refractivity contribution in [3.8, 4) is 0 Å². The molecule has 0 unspecified atom stereocenters. The number of methoxy groups -OCH3 is 1. The Bertz CT molecular complexity index is 442. The summed E-state index contributed by atoms with van der Waals surface area (Å²) in [5.74, 6) is 0. The summed E-state index contributed by atoms with van der Waals surface area (Å²) in [6, 6.07) is 6.56. The highest BCUT2D eigenvalue weighted by Gasteiger charge is 2.16. The molecule has 0 spiro atoms. The standard InChI is InChI=1S/C11H17NO3S/c1-9-5-4-6-11(7-9)16(13,14)12-10(2)8-15-3/h4-7,10,12H,8H2,1-3H3/t10-/m0/s1. The third-order valence-electron chi connectivity index (χ3n) is 2.07. The summed E-state index contributed by atoms with van der Waals surface area (Å²) in [7, 11) is -1.90. The van der Waals surface area contributed by atoms with Gasteiger partial charge in [-0.25, -0.2) is 13.1 Å². The minimum Gasteiger partial charge on any atom is -0.383 e. The number of aryl methyl sites for hydroxylation is 1. The van der Waals surface area contributed by atoms with Crippen molar-refractivity contribution in [3.05, 3.63) is 29.8 Å². The van der Waals surface area contributed by atoms with Gasteiger partial charge in [-0.2, -0.15) is 0 Å². The summed E-state index contributed by atoms with van der Waals surface area (Å²) in [6.45, 7) is 3.97. The Kier molecular flexibility index (Phi) is 4.46. The molecule has 90 valence electrons. The average molecular weight is 243 g/mol. The maximum absolute atomic E-state index is 11.9. The van der Waals surface area contributed by atoms with Crippen LogP contribution in [-0.2, 0) is 14.8 Å². The second-order valence-corrected chi connectivity index (χ2v) is 5.51. The van der Waals surface area contributed by atoms with E-state index in [1.54, 1.807) is 25.1 Å². The molecule has 4 nitrogen and oxygen atoms in total. The van der Waals surface area contributed by atoms with Crippen molar-refractivity contribution >= 4 is 10.0 Å². The fourth-order valence-corrected chi connectivity index (χ4v) is 2.73. The molecule has 1 atom stereocenters. The summed E-state index contributed by atoms with van der Waals surface area (Å²) in [5.41, 5.74) is 0.919. The molecule has 0 fully saturated rings. The van der Waals surface area contributed by atoms with E-state index in [1.165, 1.54) is 7.11 Å². The van der Waals surface area contributed by atoms with E-state index in [9.17, 15) is 8.42 Å². The zero-order chi connectivity index (χ0) is 12.2. The van der Waals surface area contributed by atoms with Crippen LogP contribution < -0.4 is 4.72 Å². The normalized spacial score (nSPS) is 13.7. The number of ether oxygens (including phenoxy) is 1. The third-order valence-corrected chi connectivity index (χ3v) is 3.66. The van der Waals surface area contributed by atoms with Gasteiger partial charge >= 0.3 is 0 Å². The second kappa shape index (κ2) is 5.43. The summed E-state index contributed by atoms with van der Waals surface area (Å²) in [6.07, 6.45) is 0. The van der Waals surface area contributed by atoms with Gasteiger partial charge in [0.2, 0.25) is 10.0 Å². The number of benzene rings is 1. The van der Waals surface area contributed by atoms with Crippen molar-refractivity contribution in [1.29, 1.82) is 0 Å². The minimum atomic E-state index is -3.43. The molecule has 16 heavy (non-hydrogen) atoms. The summed E-state index contributed by atoms with van der Waals surface area (Å²) in [4.78, 5) is 0.287. The zero-order valence-electron chi connectivity index (χ0n) is 9.73. The molecule has 0 heterocycles.